The molecule has 132 valence electrons. The molecule has 0 unspecified atom stereocenters. The summed E-state index contributed by atoms with van der Waals surface area (Å²) < 4.78 is 10.2. The van der Waals surface area contributed by atoms with Crippen LogP contribution < -0.4 is 15.8 Å². The van der Waals surface area contributed by atoms with Crippen molar-refractivity contribution in [1.29, 1.82) is 0 Å². The minimum Gasteiger partial charge on any atom is -0.482 e. The quantitative estimate of drug-likeness (QED) is 0.733. The van der Waals surface area contributed by atoms with E-state index in [1.54, 1.807) is 17.5 Å². The number of carbonyl (C=O) groups excluding carboxylic acids is 3. The second-order valence-corrected chi connectivity index (χ2v) is 6.26. The van der Waals surface area contributed by atoms with E-state index >= 15 is 0 Å². The van der Waals surface area contributed by atoms with Crippen molar-refractivity contribution in [3.63, 3.8) is 0 Å². The maximum atomic E-state index is 11.8. The summed E-state index contributed by atoms with van der Waals surface area (Å²) >= 11 is 1.15. The molecule has 0 fully saturated rings. The molecule has 0 aliphatic rings. The van der Waals surface area contributed by atoms with Crippen LogP contribution in [0, 0.1) is 13.8 Å². The Bertz CT molecular complexity index is 780. The van der Waals surface area contributed by atoms with Crippen molar-refractivity contribution >= 4 is 34.1 Å². The summed E-state index contributed by atoms with van der Waals surface area (Å²) in [5.41, 5.74) is 7.43. The lowest BCUT2D eigenvalue weighted by Gasteiger charge is -2.09. The summed E-state index contributed by atoms with van der Waals surface area (Å²) in [5, 5.41) is 4.42. The molecule has 25 heavy (non-hydrogen) atoms. The Labute approximate surface area is 148 Å². The number of aryl methyl sites for hydroxylation is 2. The van der Waals surface area contributed by atoms with Gasteiger partial charge in [-0.05, 0) is 48.6 Å². The van der Waals surface area contributed by atoms with Crippen LogP contribution in [0.1, 0.15) is 21.5 Å². The molecule has 8 heteroatoms. The minimum atomic E-state index is -0.671. The maximum Gasteiger partial charge on any atom is 0.344 e. The van der Waals surface area contributed by atoms with Gasteiger partial charge in [0.25, 0.3) is 11.8 Å². The molecule has 0 atom stereocenters. The van der Waals surface area contributed by atoms with Gasteiger partial charge in [-0.25, -0.2) is 4.79 Å². The first-order valence-corrected chi connectivity index (χ1v) is 8.27. The number of amides is 2. The van der Waals surface area contributed by atoms with Crippen LogP contribution in [0.15, 0.2) is 29.6 Å². The molecule has 1 heterocycles. The summed E-state index contributed by atoms with van der Waals surface area (Å²) in [5.74, 6) is -1.32. The van der Waals surface area contributed by atoms with Crippen molar-refractivity contribution in [2.45, 2.75) is 13.8 Å². The lowest BCUT2D eigenvalue weighted by atomic mass is 10.1. The van der Waals surface area contributed by atoms with E-state index in [0.717, 1.165) is 22.5 Å². The van der Waals surface area contributed by atoms with Gasteiger partial charge < -0.3 is 20.5 Å². The summed E-state index contributed by atoms with van der Waals surface area (Å²) in [6.45, 7) is 3.06. The fourth-order valence-corrected chi connectivity index (χ4v) is 2.92. The molecule has 2 amide bonds. The Balaban J connectivity index is 1.78. The number of hydrogen-bond donors (Lipinski definition) is 2. The van der Waals surface area contributed by atoms with Gasteiger partial charge in [0.2, 0.25) is 0 Å². The van der Waals surface area contributed by atoms with Crippen molar-refractivity contribution in [2.75, 3.05) is 18.5 Å². The summed E-state index contributed by atoms with van der Waals surface area (Å²) in [6, 6.07) is 7.09. The monoisotopic (exact) mass is 362 g/mol. The standard InChI is InChI=1S/C17H18N2O5S/c1-10-5-11(2)7-12(6-10)23-9-15(21)24-8-14(20)19-17-13(16(18)22)3-4-25-17/h3-7H,8-9H2,1-2H3,(H2,18,22)(H,19,20). The number of rotatable bonds is 7. The molecule has 0 aliphatic heterocycles. The molecule has 3 N–H and O–H groups in total. The Hall–Kier alpha value is -2.87. The van der Waals surface area contributed by atoms with E-state index in [1.807, 2.05) is 19.9 Å². The van der Waals surface area contributed by atoms with Crippen molar-refractivity contribution in [1.82, 2.24) is 0 Å². The van der Waals surface area contributed by atoms with Gasteiger partial charge in [0.05, 0.1) is 5.56 Å². The van der Waals surface area contributed by atoms with Crippen LogP contribution >= 0.6 is 11.3 Å². The lowest BCUT2D eigenvalue weighted by molar-refractivity contribution is -0.149. The predicted molar refractivity (Wildman–Crippen MR) is 93.8 cm³/mol. The highest BCUT2D eigenvalue weighted by Crippen LogP contribution is 2.22. The molecule has 1 aromatic carbocycles. The molecule has 7 nitrogen and oxygen atoms in total. The van der Waals surface area contributed by atoms with Gasteiger partial charge in [-0.15, -0.1) is 11.3 Å². The van der Waals surface area contributed by atoms with Gasteiger partial charge in [0.1, 0.15) is 10.8 Å². The highest BCUT2D eigenvalue weighted by atomic mass is 32.1. The number of carbonyl (C=O) groups is 3. The van der Waals surface area contributed by atoms with E-state index in [4.69, 9.17) is 15.2 Å². The number of esters is 1. The van der Waals surface area contributed by atoms with Crippen LogP contribution in [0.5, 0.6) is 5.75 Å². The molecule has 0 spiro atoms. The first-order valence-electron chi connectivity index (χ1n) is 7.39. The number of hydrogen-bond acceptors (Lipinski definition) is 6. The largest absolute Gasteiger partial charge is 0.482 e. The van der Waals surface area contributed by atoms with Crippen LogP contribution in [0.3, 0.4) is 0 Å². The third-order valence-corrected chi connectivity index (χ3v) is 3.93. The third kappa shape index (κ3) is 5.61. The SMILES string of the molecule is Cc1cc(C)cc(OCC(=O)OCC(=O)Nc2sccc2C(N)=O)c1. The van der Waals surface area contributed by atoms with Crippen molar-refractivity contribution in [2.24, 2.45) is 5.73 Å². The summed E-state index contributed by atoms with van der Waals surface area (Å²) in [6.07, 6.45) is 0. The van der Waals surface area contributed by atoms with E-state index in [-0.39, 0.29) is 12.2 Å². The second-order valence-electron chi connectivity index (χ2n) is 5.35. The van der Waals surface area contributed by atoms with Gasteiger partial charge in [-0.2, -0.15) is 0 Å². The molecule has 0 saturated heterocycles. The van der Waals surface area contributed by atoms with Crippen molar-refractivity contribution in [3.8, 4) is 5.75 Å². The maximum absolute atomic E-state index is 11.8. The first kappa shape index (κ1) is 18.5. The van der Waals surface area contributed by atoms with Crippen molar-refractivity contribution in [3.05, 3.63) is 46.3 Å². The molecule has 0 bridgehead atoms. The van der Waals surface area contributed by atoms with Gasteiger partial charge in [0, 0.05) is 0 Å². The molecule has 0 radical (unpaired) electrons. The van der Waals surface area contributed by atoms with E-state index < -0.39 is 24.4 Å². The topological polar surface area (TPSA) is 108 Å². The average molecular weight is 362 g/mol. The highest BCUT2D eigenvalue weighted by molar-refractivity contribution is 7.14. The Kier molecular flexibility index (Phi) is 6.13. The molecular weight excluding hydrogens is 344 g/mol. The van der Waals surface area contributed by atoms with Crippen LogP contribution in [0.2, 0.25) is 0 Å². The van der Waals surface area contributed by atoms with E-state index in [1.165, 1.54) is 6.07 Å². The predicted octanol–water partition coefficient (Wildman–Crippen LogP) is 2.02. The number of nitrogens with two attached hydrogens (primary N) is 1. The number of benzene rings is 1. The van der Waals surface area contributed by atoms with E-state index in [2.05, 4.69) is 5.32 Å². The Morgan fingerprint density at radius 3 is 2.44 bits per heavy atom. The second kappa shape index (κ2) is 8.29. The van der Waals surface area contributed by atoms with Gasteiger partial charge in [0.15, 0.2) is 13.2 Å². The van der Waals surface area contributed by atoms with E-state index in [0.29, 0.717) is 10.8 Å². The Morgan fingerprint density at radius 2 is 1.80 bits per heavy atom. The molecule has 1 aromatic heterocycles. The molecular formula is C17H18N2O5S. The summed E-state index contributed by atoms with van der Waals surface area (Å²) in [7, 11) is 0. The average Bonchev–Trinajstić information content (AvgIpc) is 2.98. The van der Waals surface area contributed by atoms with E-state index in [9.17, 15) is 14.4 Å². The highest BCUT2D eigenvalue weighted by Gasteiger charge is 2.14. The zero-order valence-electron chi connectivity index (χ0n) is 13.8. The van der Waals surface area contributed by atoms with Crippen LogP contribution in [0.25, 0.3) is 0 Å². The lowest BCUT2D eigenvalue weighted by Crippen LogP contribution is -2.24. The number of primary amides is 1. The zero-order chi connectivity index (χ0) is 18.4. The van der Waals surface area contributed by atoms with Gasteiger partial charge in [-0.1, -0.05) is 6.07 Å². The smallest absolute Gasteiger partial charge is 0.344 e. The third-order valence-electron chi connectivity index (χ3n) is 3.10. The van der Waals surface area contributed by atoms with Crippen molar-refractivity contribution < 1.29 is 23.9 Å². The first-order chi connectivity index (χ1) is 11.8. The normalized spacial score (nSPS) is 10.2. The minimum absolute atomic E-state index is 0.211. The van der Waals surface area contributed by atoms with Gasteiger partial charge >= 0.3 is 5.97 Å². The number of ether oxygens (including phenoxy) is 2. The molecule has 0 saturated carbocycles. The Morgan fingerprint density at radius 1 is 1.12 bits per heavy atom. The number of nitrogens with one attached hydrogen (secondary N) is 1. The van der Waals surface area contributed by atoms with Crippen LogP contribution in [0.4, 0.5) is 5.00 Å². The zero-order valence-corrected chi connectivity index (χ0v) is 14.6. The van der Waals surface area contributed by atoms with Crippen LogP contribution in [-0.2, 0) is 14.3 Å². The molecule has 2 rings (SSSR count). The van der Waals surface area contributed by atoms with Gasteiger partial charge in [-0.3, -0.25) is 9.59 Å². The molecule has 0 aliphatic carbocycles. The number of anilines is 1. The van der Waals surface area contributed by atoms with Crippen LogP contribution in [-0.4, -0.2) is 31.0 Å². The summed E-state index contributed by atoms with van der Waals surface area (Å²) in [4.78, 5) is 34.6. The molecule has 2 aromatic rings. The fourth-order valence-electron chi connectivity index (χ4n) is 2.11. The fraction of sp³-hybridized carbons (Fsp3) is 0.235. The number of thiophene rings is 1.